The molecule has 0 saturated heterocycles. The Morgan fingerprint density at radius 1 is 1.56 bits per heavy atom. The van der Waals surface area contributed by atoms with E-state index >= 15 is 0 Å². The number of rotatable bonds is 4. The number of halogens is 1. The first-order valence-corrected chi connectivity index (χ1v) is 6.96. The topological polar surface area (TPSA) is 49.8 Å². The third-order valence-electron chi connectivity index (χ3n) is 2.61. The maximum absolute atomic E-state index is 11.7. The van der Waals surface area contributed by atoms with Gasteiger partial charge >= 0.3 is 0 Å². The second kappa shape index (κ2) is 5.67. The molecule has 0 unspecified atom stereocenters. The molecule has 0 fully saturated rings. The van der Waals surface area contributed by atoms with E-state index in [2.05, 4.69) is 26.2 Å². The molecule has 96 valence electrons. The highest BCUT2D eigenvalue weighted by Crippen LogP contribution is 2.19. The van der Waals surface area contributed by atoms with Gasteiger partial charge in [-0.15, -0.1) is 0 Å². The number of amides is 1. The molecule has 2 N–H and O–H groups in total. The van der Waals surface area contributed by atoms with Crippen LogP contribution in [0, 0.1) is 4.77 Å². The van der Waals surface area contributed by atoms with Crippen molar-refractivity contribution in [3.63, 3.8) is 0 Å². The second-order valence-electron chi connectivity index (χ2n) is 4.03. The second-order valence-corrected chi connectivity index (χ2v) is 5.33. The number of aromatic amines is 1. The van der Waals surface area contributed by atoms with E-state index in [9.17, 15) is 4.79 Å². The van der Waals surface area contributed by atoms with Gasteiger partial charge in [-0.2, -0.15) is 0 Å². The Morgan fingerprint density at radius 3 is 3.06 bits per heavy atom. The first kappa shape index (κ1) is 13.3. The highest BCUT2D eigenvalue weighted by molar-refractivity contribution is 9.10. The molecule has 1 heterocycles. The molecule has 0 spiro atoms. The number of aromatic nitrogens is 2. The van der Waals surface area contributed by atoms with Crippen molar-refractivity contribution in [2.75, 3.05) is 6.54 Å². The summed E-state index contributed by atoms with van der Waals surface area (Å²) in [6.07, 6.45) is 0.929. The molecule has 0 bridgehead atoms. The number of imidazole rings is 1. The van der Waals surface area contributed by atoms with Gasteiger partial charge in [-0.3, -0.25) is 4.79 Å². The summed E-state index contributed by atoms with van der Waals surface area (Å²) in [6, 6.07) is 5.83. The number of H-pyrrole nitrogens is 1. The first-order chi connectivity index (χ1) is 8.61. The van der Waals surface area contributed by atoms with Crippen LogP contribution in [0.25, 0.3) is 11.0 Å². The van der Waals surface area contributed by atoms with Crippen LogP contribution < -0.4 is 5.32 Å². The van der Waals surface area contributed by atoms with E-state index in [-0.39, 0.29) is 12.5 Å². The van der Waals surface area contributed by atoms with Gasteiger partial charge in [0.1, 0.15) is 6.54 Å². The fourth-order valence-electron chi connectivity index (χ4n) is 1.76. The number of carbonyl (C=O) groups excluding carboxylic acids is 1. The predicted octanol–water partition coefficient (Wildman–Crippen LogP) is 2.99. The Labute approximate surface area is 119 Å². The zero-order valence-corrected chi connectivity index (χ0v) is 12.4. The highest BCUT2D eigenvalue weighted by atomic mass is 79.9. The fraction of sp³-hybridized carbons (Fsp3) is 0.333. The largest absolute Gasteiger partial charge is 0.355 e. The van der Waals surface area contributed by atoms with Crippen LogP contribution in [0.4, 0.5) is 0 Å². The molecule has 0 aliphatic heterocycles. The summed E-state index contributed by atoms with van der Waals surface area (Å²) in [5.41, 5.74) is 1.87. The summed E-state index contributed by atoms with van der Waals surface area (Å²) < 4.78 is 3.35. The molecule has 0 aliphatic carbocycles. The van der Waals surface area contributed by atoms with E-state index in [1.165, 1.54) is 0 Å². The van der Waals surface area contributed by atoms with Crippen LogP contribution in [-0.4, -0.2) is 22.0 Å². The molecule has 1 aromatic carbocycles. The lowest BCUT2D eigenvalue weighted by molar-refractivity contribution is -0.121. The maximum atomic E-state index is 11.7. The van der Waals surface area contributed by atoms with E-state index in [0.717, 1.165) is 21.9 Å². The number of fused-ring (bicyclic) bond motifs is 1. The van der Waals surface area contributed by atoms with Crippen molar-refractivity contribution >= 4 is 45.1 Å². The minimum Gasteiger partial charge on any atom is -0.355 e. The molecule has 6 heteroatoms. The van der Waals surface area contributed by atoms with E-state index in [1.54, 1.807) is 0 Å². The molecule has 18 heavy (non-hydrogen) atoms. The molecule has 1 aromatic heterocycles. The minimum absolute atomic E-state index is 0.0169. The summed E-state index contributed by atoms with van der Waals surface area (Å²) in [4.78, 5) is 14.8. The van der Waals surface area contributed by atoms with Crippen molar-refractivity contribution in [2.24, 2.45) is 0 Å². The normalized spacial score (nSPS) is 10.8. The quantitative estimate of drug-likeness (QED) is 0.848. The number of nitrogens with zero attached hydrogens (tertiary/aromatic N) is 1. The van der Waals surface area contributed by atoms with E-state index in [0.29, 0.717) is 11.3 Å². The van der Waals surface area contributed by atoms with Gasteiger partial charge < -0.3 is 14.9 Å². The van der Waals surface area contributed by atoms with Crippen molar-refractivity contribution < 1.29 is 4.79 Å². The summed E-state index contributed by atoms with van der Waals surface area (Å²) in [6.45, 7) is 2.97. The monoisotopic (exact) mass is 327 g/mol. The van der Waals surface area contributed by atoms with Crippen LogP contribution in [0.15, 0.2) is 22.7 Å². The van der Waals surface area contributed by atoms with Gasteiger partial charge in [-0.1, -0.05) is 22.9 Å². The number of benzene rings is 1. The van der Waals surface area contributed by atoms with Crippen molar-refractivity contribution in [3.05, 3.63) is 27.4 Å². The highest BCUT2D eigenvalue weighted by Gasteiger charge is 2.08. The number of hydrogen-bond acceptors (Lipinski definition) is 2. The van der Waals surface area contributed by atoms with Gasteiger partial charge in [-0.05, 0) is 36.8 Å². The molecule has 0 aliphatic rings. The van der Waals surface area contributed by atoms with Gasteiger partial charge in [0.15, 0.2) is 4.77 Å². The Balaban J connectivity index is 2.30. The van der Waals surface area contributed by atoms with Gasteiger partial charge in [-0.25, -0.2) is 0 Å². The average molecular weight is 328 g/mol. The van der Waals surface area contributed by atoms with Crippen molar-refractivity contribution in [1.82, 2.24) is 14.9 Å². The summed E-state index contributed by atoms with van der Waals surface area (Å²) in [7, 11) is 0. The van der Waals surface area contributed by atoms with Crippen LogP contribution in [-0.2, 0) is 11.3 Å². The molecular formula is C12H14BrN3OS. The Morgan fingerprint density at radius 2 is 2.33 bits per heavy atom. The molecule has 2 rings (SSSR count). The van der Waals surface area contributed by atoms with Crippen LogP contribution in [0.2, 0.25) is 0 Å². The van der Waals surface area contributed by atoms with Crippen LogP contribution in [0.3, 0.4) is 0 Å². The molecular weight excluding hydrogens is 314 g/mol. The SMILES string of the molecule is CCCNC(=O)Cn1c(=S)[nH]c2cc(Br)ccc21. The zero-order chi connectivity index (χ0) is 13.1. The molecule has 4 nitrogen and oxygen atoms in total. The van der Waals surface area contributed by atoms with Crippen molar-refractivity contribution in [3.8, 4) is 0 Å². The Bertz CT molecular complexity index is 632. The smallest absolute Gasteiger partial charge is 0.240 e. The van der Waals surface area contributed by atoms with Crippen molar-refractivity contribution in [1.29, 1.82) is 0 Å². The number of nitrogens with one attached hydrogen (secondary N) is 2. The number of carbonyl (C=O) groups is 1. The third-order valence-corrected chi connectivity index (χ3v) is 3.43. The standard InChI is InChI=1S/C12H14BrN3OS/c1-2-5-14-11(17)7-16-10-4-3-8(13)6-9(10)15-12(16)18/h3-4,6H,2,5,7H2,1H3,(H,14,17)(H,15,18). The van der Waals surface area contributed by atoms with Gasteiger partial charge in [0.05, 0.1) is 11.0 Å². The Kier molecular flexibility index (Phi) is 4.19. The first-order valence-electron chi connectivity index (χ1n) is 5.76. The lowest BCUT2D eigenvalue weighted by Crippen LogP contribution is -2.28. The summed E-state index contributed by atoms with van der Waals surface area (Å²) in [5, 5.41) is 2.84. The molecule has 0 saturated carbocycles. The number of hydrogen-bond donors (Lipinski definition) is 2. The van der Waals surface area contributed by atoms with Gasteiger partial charge in [0, 0.05) is 11.0 Å². The van der Waals surface area contributed by atoms with E-state index in [4.69, 9.17) is 12.2 Å². The third kappa shape index (κ3) is 2.81. The van der Waals surface area contributed by atoms with Crippen LogP contribution >= 0.6 is 28.1 Å². The molecule has 1 amide bonds. The van der Waals surface area contributed by atoms with Crippen molar-refractivity contribution in [2.45, 2.75) is 19.9 Å². The Hall–Kier alpha value is -1.14. The predicted molar refractivity (Wildman–Crippen MR) is 78.1 cm³/mol. The van der Waals surface area contributed by atoms with Crippen LogP contribution in [0.1, 0.15) is 13.3 Å². The molecule has 0 radical (unpaired) electrons. The fourth-order valence-corrected chi connectivity index (χ4v) is 2.39. The average Bonchev–Trinajstić information content (AvgIpc) is 2.62. The van der Waals surface area contributed by atoms with E-state index in [1.807, 2.05) is 29.7 Å². The van der Waals surface area contributed by atoms with Gasteiger partial charge in [0.25, 0.3) is 0 Å². The molecule has 2 aromatic rings. The van der Waals surface area contributed by atoms with Gasteiger partial charge in [0.2, 0.25) is 5.91 Å². The zero-order valence-electron chi connectivity index (χ0n) is 10.00. The maximum Gasteiger partial charge on any atom is 0.240 e. The summed E-state index contributed by atoms with van der Waals surface area (Å²) in [5.74, 6) is -0.0169. The molecule has 0 atom stereocenters. The minimum atomic E-state index is -0.0169. The lowest BCUT2D eigenvalue weighted by Gasteiger charge is -2.05. The summed E-state index contributed by atoms with van der Waals surface area (Å²) >= 11 is 8.65. The van der Waals surface area contributed by atoms with E-state index < -0.39 is 0 Å². The lowest BCUT2D eigenvalue weighted by atomic mass is 10.3. The van der Waals surface area contributed by atoms with Crippen LogP contribution in [0.5, 0.6) is 0 Å².